The third kappa shape index (κ3) is 5.67. The summed E-state index contributed by atoms with van der Waals surface area (Å²) in [6.07, 6.45) is 13.9. The maximum absolute atomic E-state index is 6.32. The van der Waals surface area contributed by atoms with Gasteiger partial charge in [-0.2, -0.15) is 0 Å². The Balaban J connectivity index is 1.45. The summed E-state index contributed by atoms with van der Waals surface area (Å²) >= 11 is 0. The molecule has 0 aromatic rings. The fourth-order valence-corrected chi connectivity index (χ4v) is 4.53. The first kappa shape index (κ1) is 19.1. The Kier molecular flexibility index (Phi) is 7.15. The van der Waals surface area contributed by atoms with Crippen LogP contribution in [0.3, 0.4) is 0 Å². The van der Waals surface area contributed by atoms with Gasteiger partial charge in [0.2, 0.25) is 0 Å². The molecule has 0 saturated carbocycles. The molecule has 0 radical (unpaired) electrons. The predicted molar refractivity (Wildman–Crippen MR) is 104 cm³/mol. The second-order valence-corrected chi connectivity index (χ2v) is 8.58. The SMILES string of the molecule is CC(C)=CCCC1=CC[C@@H]([C@@H]2OC[C@@H](CN3CCCCC3)O2)[C@H](C)C1. The number of nitrogens with zero attached hydrogens (tertiary/aromatic N) is 1. The normalized spacial score (nSPS) is 34.0. The monoisotopic (exact) mass is 347 g/mol. The first-order valence-corrected chi connectivity index (χ1v) is 10.4. The van der Waals surface area contributed by atoms with Crippen LogP contribution in [0.5, 0.6) is 0 Å². The smallest absolute Gasteiger partial charge is 0.161 e. The second kappa shape index (κ2) is 9.34. The van der Waals surface area contributed by atoms with E-state index in [2.05, 4.69) is 37.8 Å². The molecular formula is C22H37NO2. The molecule has 3 rings (SSSR count). The third-order valence-corrected chi connectivity index (χ3v) is 6.04. The van der Waals surface area contributed by atoms with Crippen molar-refractivity contribution in [2.24, 2.45) is 11.8 Å². The average Bonchev–Trinajstić information content (AvgIpc) is 3.04. The van der Waals surface area contributed by atoms with Gasteiger partial charge in [0, 0.05) is 12.5 Å². The van der Waals surface area contributed by atoms with Crippen molar-refractivity contribution in [3.05, 3.63) is 23.3 Å². The van der Waals surface area contributed by atoms with Crippen LogP contribution in [0, 0.1) is 11.8 Å². The minimum absolute atomic E-state index is 0.0142. The molecule has 0 N–H and O–H groups in total. The Labute approximate surface area is 154 Å². The van der Waals surface area contributed by atoms with Gasteiger partial charge >= 0.3 is 0 Å². The summed E-state index contributed by atoms with van der Waals surface area (Å²) in [5.74, 6) is 1.18. The van der Waals surface area contributed by atoms with Gasteiger partial charge in [0.25, 0.3) is 0 Å². The number of rotatable bonds is 6. The van der Waals surface area contributed by atoms with Crippen LogP contribution < -0.4 is 0 Å². The lowest BCUT2D eigenvalue weighted by atomic mass is 9.79. The van der Waals surface area contributed by atoms with E-state index in [9.17, 15) is 0 Å². The van der Waals surface area contributed by atoms with E-state index in [1.54, 1.807) is 5.57 Å². The zero-order chi connectivity index (χ0) is 17.6. The molecule has 0 spiro atoms. The summed E-state index contributed by atoms with van der Waals surface area (Å²) in [6.45, 7) is 11.1. The molecule has 0 unspecified atom stereocenters. The molecule has 3 aliphatic rings. The highest BCUT2D eigenvalue weighted by atomic mass is 16.7. The molecule has 2 aliphatic heterocycles. The second-order valence-electron chi connectivity index (χ2n) is 8.58. The molecule has 25 heavy (non-hydrogen) atoms. The largest absolute Gasteiger partial charge is 0.350 e. The lowest BCUT2D eigenvalue weighted by Crippen LogP contribution is -2.38. The van der Waals surface area contributed by atoms with E-state index < -0.39 is 0 Å². The summed E-state index contributed by atoms with van der Waals surface area (Å²) in [4.78, 5) is 2.56. The van der Waals surface area contributed by atoms with E-state index in [1.807, 2.05) is 0 Å². The number of hydrogen-bond acceptors (Lipinski definition) is 3. The van der Waals surface area contributed by atoms with Gasteiger partial charge in [-0.1, -0.05) is 36.6 Å². The van der Waals surface area contributed by atoms with Crippen molar-refractivity contribution in [3.8, 4) is 0 Å². The van der Waals surface area contributed by atoms with Crippen LogP contribution in [0.2, 0.25) is 0 Å². The Morgan fingerprint density at radius 2 is 2.04 bits per heavy atom. The lowest BCUT2D eigenvalue weighted by molar-refractivity contribution is -0.113. The molecule has 0 aromatic heterocycles. The van der Waals surface area contributed by atoms with E-state index in [1.165, 1.54) is 57.2 Å². The molecule has 4 atom stereocenters. The molecule has 142 valence electrons. The van der Waals surface area contributed by atoms with Gasteiger partial charge < -0.3 is 14.4 Å². The van der Waals surface area contributed by atoms with Crippen LogP contribution in [-0.2, 0) is 9.47 Å². The maximum atomic E-state index is 6.32. The summed E-state index contributed by atoms with van der Waals surface area (Å²) in [5, 5.41) is 0. The van der Waals surface area contributed by atoms with Crippen LogP contribution in [0.25, 0.3) is 0 Å². The van der Waals surface area contributed by atoms with E-state index in [4.69, 9.17) is 9.47 Å². The Bertz CT molecular complexity index is 474. The summed E-state index contributed by atoms with van der Waals surface area (Å²) in [7, 11) is 0. The highest BCUT2D eigenvalue weighted by molar-refractivity contribution is 5.10. The number of likely N-dealkylation sites (tertiary alicyclic amines) is 1. The van der Waals surface area contributed by atoms with Gasteiger partial charge in [0.1, 0.15) is 0 Å². The number of hydrogen-bond donors (Lipinski definition) is 0. The Morgan fingerprint density at radius 1 is 1.24 bits per heavy atom. The highest BCUT2D eigenvalue weighted by Gasteiger charge is 2.37. The van der Waals surface area contributed by atoms with Crippen molar-refractivity contribution >= 4 is 0 Å². The maximum Gasteiger partial charge on any atom is 0.161 e. The van der Waals surface area contributed by atoms with E-state index in [-0.39, 0.29) is 12.4 Å². The number of ether oxygens (including phenoxy) is 2. The van der Waals surface area contributed by atoms with Gasteiger partial charge in [-0.05, 0) is 71.4 Å². The zero-order valence-electron chi connectivity index (χ0n) is 16.5. The molecule has 2 fully saturated rings. The third-order valence-electron chi connectivity index (χ3n) is 6.04. The first-order chi connectivity index (χ1) is 12.1. The van der Waals surface area contributed by atoms with E-state index >= 15 is 0 Å². The molecular weight excluding hydrogens is 310 g/mol. The minimum atomic E-state index is 0.0142. The van der Waals surface area contributed by atoms with Crippen molar-refractivity contribution in [3.63, 3.8) is 0 Å². The first-order valence-electron chi connectivity index (χ1n) is 10.4. The van der Waals surface area contributed by atoms with Crippen molar-refractivity contribution < 1.29 is 9.47 Å². The highest BCUT2D eigenvalue weighted by Crippen LogP contribution is 2.37. The Hall–Kier alpha value is -0.640. The molecule has 2 saturated heterocycles. The van der Waals surface area contributed by atoms with Gasteiger partial charge in [0.05, 0.1) is 12.7 Å². The van der Waals surface area contributed by atoms with Gasteiger partial charge in [-0.15, -0.1) is 0 Å². The van der Waals surface area contributed by atoms with Crippen LogP contribution in [0.15, 0.2) is 23.3 Å². The van der Waals surface area contributed by atoms with Crippen molar-refractivity contribution in [1.82, 2.24) is 4.90 Å². The van der Waals surface area contributed by atoms with Crippen LogP contribution >= 0.6 is 0 Å². The van der Waals surface area contributed by atoms with Gasteiger partial charge in [-0.3, -0.25) is 0 Å². The van der Waals surface area contributed by atoms with Crippen molar-refractivity contribution in [1.29, 1.82) is 0 Å². The van der Waals surface area contributed by atoms with Crippen molar-refractivity contribution in [2.45, 2.75) is 78.1 Å². The summed E-state index contributed by atoms with van der Waals surface area (Å²) in [6, 6.07) is 0. The molecule has 1 aliphatic carbocycles. The summed E-state index contributed by atoms with van der Waals surface area (Å²) < 4.78 is 12.4. The van der Waals surface area contributed by atoms with E-state index in [0.717, 1.165) is 19.6 Å². The fourth-order valence-electron chi connectivity index (χ4n) is 4.53. The fraction of sp³-hybridized carbons (Fsp3) is 0.818. The quantitative estimate of drug-likeness (QED) is 0.636. The molecule has 0 amide bonds. The van der Waals surface area contributed by atoms with Crippen molar-refractivity contribution in [2.75, 3.05) is 26.2 Å². The predicted octanol–water partition coefficient (Wildman–Crippen LogP) is 4.93. The van der Waals surface area contributed by atoms with Crippen LogP contribution in [-0.4, -0.2) is 43.5 Å². The average molecular weight is 348 g/mol. The van der Waals surface area contributed by atoms with Crippen LogP contribution in [0.1, 0.15) is 65.7 Å². The lowest BCUT2D eigenvalue weighted by Gasteiger charge is -2.32. The molecule has 0 bridgehead atoms. The molecule has 3 heteroatoms. The molecule has 3 nitrogen and oxygen atoms in total. The topological polar surface area (TPSA) is 21.7 Å². The summed E-state index contributed by atoms with van der Waals surface area (Å²) in [5.41, 5.74) is 3.05. The zero-order valence-corrected chi connectivity index (χ0v) is 16.5. The number of allylic oxidation sites excluding steroid dienone is 4. The van der Waals surface area contributed by atoms with E-state index in [0.29, 0.717) is 11.8 Å². The Morgan fingerprint density at radius 3 is 2.76 bits per heavy atom. The van der Waals surface area contributed by atoms with Gasteiger partial charge in [0.15, 0.2) is 6.29 Å². The number of piperidine rings is 1. The molecule has 0 aromatic carbocycles. The van der Waals surface area contributed by atoms with Gasteiger partial charge in [-0.25, -0.2) is 0 Å². The van der Waals surface area contributed by atoms with Crippen LogP contribution in [0.4, 0.5) is 0 Å². The standard InChI is InChI=1S/C22H37NO2/c1-17(2)8-7-9-19-10-11-21(18(3)14-19)22-24-16-20(25-22)15-23-12-5-4-6-13-23/h8,10,18,20-22H,4-7,9,11-16H2,1-3H3/t18-,20-,21-,22-/m1/s1. The minimum Gasteiger partial charge on any atom is -0.350 e. The molecule has 2 heterocycles.